The molecule has 0 spiro atoms. The molecular weight excluding hydrogens is 272 g/mol. The number of amides is 2. The summed E-state index contributed by atoms with van der Waals surface area (Å²) in [5.41, 5.74) is 0.704. The van der Waals surface area contributed by atoms with Gasteiger partial charge in [-0.3, -0.25) is 0 Å². The average molecular weight is 289 g/mol. The van der Waals surface area contributed by atoms with Gasteiger partial charge in [-0.1, -0.05) is 18.5 Å². The molecule has 0 unspecified atom stereocenters. The third-order valence-corrected chi connectivity index (χ3v) is 3.30. The quantitative estimate of drug-likeness (QED) is 0.557. The summed E-state index contributed by atoms with van der Waals surface area (Å²) in [7, 11) is 0. The number of hydrogen-bond donors (Lipinski definition) is 3. The third kappa shape index (κ3) is 5.16. The van der Waals surface area contributed by atoms with Crippen LogP contribution < -0.4 is 10.6 Å². The molecule has 0 aliphatic carbocycles. The Kier molecular flexibility index (Phi) is 6.93. The Bertz CT molecular complexity index is 402. The predicted molar refractivity (Wildman–Crippen MR) is 76.6 cm³/mol. The maximum Gasteiger partial charge on any atom is 0.319 e. The second-order valence-electron chi connectivity index (χ2n) is 3.53. The van der Waals surface area contributed by atoms with Gasteiger partial charge in [0, 0.05) is 23.1 Å². The number of aliphatic hydroxyl groups excluding tert-OH is 1. The van der Waals surface area contributed by atoms with E-state index in [4.69, 9.17) is 16.7 Å². The van der Waals surface area contributed by atoms with Crippen molar-refractivity contribution in [3.63, 3.8) is 0 Å². The highest BCUT2D eigenvalue weighted by Gasteiger charge is 2.07. The highest BCUT2D eigenvalue weighted by atomic mass is 35.5. The Hall–Kier alpha value is -0.910. The van der Waals surface area contributed by atoms with Gasteiger partial charge in [0.25, 0.3) is 0 Å². The van der Waals surface area contributed by atoms with Gasteiger partial charge in [-0.2, -0.15) is 0 Å². The highest BCUT2D eigenvalue weighted by molar-refractivity contribution is 7.99. The number of carbonyl (C=O) groups excluding carboxylic acids is 1. The second kappa shape index (κ2) is 8.24. The van der Waals surface area contributed by atoms with Crippen molar-refractivity contribution in [1.82, 2.24) is 5.32 Å². The van der Waals surface area contributed by atoms with E-state index in [9.17, 15) is 4.79 Å². The number of nitrogens with one attached hydrogen (secondary N) is 2. The molecule has 18 heavy (non-hydrogen) atoms. The lowest BCUT2D eigenvalue weighted by molar-refractivity contribution is 0.249. The fourth-order valence-corrected chi connectivity index (χ4v) is 2.24. The fraction of sp³-hybridized carbons (Fsp3) is 0.417. The summed E-state index contributed by atoms with van der Waals surface area (Å²) in [5, 5.41) is 14.6. The summed E-state index contributed by atoms with van der Waals surface area (Å²) in [4.78, 5) is 12.6. The topological polar surface area (TPSA) is 61.4 Å². The Morgan fingerprint density at radius 2 is 2.28 bits per heavy atom. The summed E-state index contributed by atoms with van der Waals surface area (Å²) < 4.78 is 0. The Balaban J connectivity index is 2.63. The lowest BCUT2D eigenvalue weighted by atomic mass is 10.3. The van der Waals surface area contributed by atoms with E-state index in [2.05, 4.69) is 10.6 Å². The summed E-state index contributed by atoms with van der Waals surface area (Å²) in [6.07, 6.45) is 0.541. The molecule has 1 aromatic carbocycles. The molecule has 0 saturated heterocycles. The Morgan fingerprint density at radius 1 is 1.50 bits per heavy atom. The zero-order valence-corrected chi connectivity index (χ0v) is 11.8. The number of rotatable bonds is 6. The molecule has 0 aliphatic heterocycles. The molecule has 0 saturated carbocycles. The van der Waals surface area contributed by atoms with Gasteiger partial charge in [-0.25, -0.2) is 4.79 Å². The van der Waals surface area contributed by atoms with Crippen LogP contribution in [0, 0.1) is 0 Å². The number of thioether (sulfide) groups is 1. The van der Waals surface area contributed by atoms with Crippen LogP contribution in [-0.4, -0.2) is 30.0 Å². The number of urea groups is 1. The summed E-state index contributed by atoms with van der Waals surface area (Å²) in [6, 6.07) is 5.13. The molecule has 4 nitrogen and oxygen atoms in total. The first-order valence-electron chi connectivity index (χ1n) is 5.75. The molecular formula is C12H17ClN2O2S. The summed E-state index contributed by atoms with van der Waals surface area (Å²) in [5.74, 6) is 0.919. The molecule has 1 aromatic rings. The summed E-state index contributed by atoms with van der Waals surface area (Å²) >= 11 is 7.55. The number of benzene rings is 1. The third-order valence-electron chi connectivity index (χ3n) is 2.11. The maximum atomic E-state index is 11.6. The molecule has 0 atom stereocenters. The monoisotopic (exact) mass is 288 g/mol. The van der Waals surface area contributed by atoms with Gasteiger partial charge in [-0.05, 0) is 30.4 Å². The number of halogens is 1. The van der Waals surface area contributed by atoms with Crippen molar-refractivity contribution in [3.8, 4) is 0 Å². The average Bonchev–Trinajstić information content (AvgIpc) is 2.33. The van der Waals surface area contributed by atoms with E-state index in [0.29, 0.717) is 23.7 Å². The van der Waals surface area contributed by atoms with Crippen molar-refractivity contribution in [2.24, 2.45) is 0 Å². The number of hydrogen-bond acceptors (Lipinski definition) is 3. The minimum atomic E-state index is -0.288. The number of anilines is 1. The molecule has 0 bridgehead atoms. The lowest BCUT2D eigenvalue weighted by Crippen LogP contribution is -2.30. The van der Waals surface area contributed by atoms with Gasteiger partial charge < -0.3 is 15.7 Å². The van der Waals surface area contributed by atoms with Crippen LogP contribution in [0.25, 0.3) is 0 Å². The minimum Gasteiger partial charge on any atom is -0.396 e. The van der Waals surface area contributed by atoms with Crippen LogP contribution in [0.4, 0.5) is 10.5 Å². The van der Waals surface area contributed by atoms with E-state index >= 15 is 0 Å². The first-order chi connectivity index (χ1) is 8.67. The number of aliphatic hydroxyl groups is 1. The maximum absolute atomic E-state index is 11.6. The number of carbonyl (C=O) groups is 1. The SMILES string of the molecule is CCSc1ccc(Cl)cc1NC(=O)NCCCO. The van der Waals surface area contributed by atoms with E-state index in [1.807, 2.05) is 13.0 Å². The molecule has 0 radical (unpaired) electrons. The van der Waals surface area contributed by atoms with Crippen molar-refractivity contribution < 1.29 is 9.90 Å². The molecule has 2 amide bonds. The Morgan fingerprint density at radius 3 is 2.94 bits per heavy atom. The Labute approximate surface area is 116 Å². The zero-order valence-electron chi connectivity index (χ0n) is 10.2. The first-order valence-corrected chi connectivity index (χ1v) is 7.11. The van der Waals surface area contributed by atoms with E-state index in [-0.39, 0.29) is 12.6 Å². The normalized spacial score (nSPS) is 10.2. The molecule has 0 aliphatic rings. The van der Waals surface area contributed by atoms with Crippen LogP contribution in [-0.2, 0) is 0 Å². The molecule has 6 heteroatoms. The molecule has 1 rings (SSSR count). The molecule has 100 valence electrons. The van der Waals surface area contributed by atoms with Gasteiger partial charge in [0.1, 0.15) is 0 Å². The summed E-state index contributed by atoms with van der Waals surface area (Å²) in [6.45, 7) is 2.55. The van der Waals surface area contributed by atoms with E-state index in [1.54, 1.807) is 23.9 Å². The first kappa shape index (κ1) is 15.1. The van der Waals surface area contributed by atoms with Crippen molar-refractivity contribution in [2.75, 3.05) is 24.2 Å². The smallest absolute Gasteiger partial charge is 0.319 e. The van der Waals surface area contributed by atoms with Gasteiger partial charge >= 0.3 is 6.03 Å². The van der Waals surface area contributed by atoms with Gasteiger partial charge in [-0.15, -0.1) is 11.8 Å². The minimum absolute atomic E-state index is 0.0639. The standard InChI is InChI=1S/C12H17ClN2O2S/c1-2-18-11-5-4-9(13)8-10(11)15-12(17)14-6-3-7-16/h4-5,8,16H,2-3,6-7H2,1H3,(H2,14,15,17). The van der Waals surface area contributed by atoms with E-state index in [1.165, 1.54) is 0 Å². The van der Waals surface area contributed by atoms with Crippen molar-refractivity contribution in [3.05, 3.63) is 23.2 Å². The van der Waals surface area contributed by atoms with Crippen LogP contribution in [0.2, 0.25) is 5.02 Å². The molecule has 0 fully saturated rings. The molecule has 0 heterocycles. The van der Waals surface area contributed by atoms with Crippen molar-refractivity contribution in [1.29, 1.82) is 0 Å². The van der Waals surface area contributed by atoms with E-state index in [0.717, 1.165) is 10.6 Å². The van der Waals surface area contributed by atoms with Gasteiger partial charge in [0.15, 0.2) is 0 Å². The molecule has 0 aromatic heterocycles. The van der Waals surface area contributed by atoms with Gasteiger partial charge in [0.2, 0.25) is 0 Å². The van der Waals surface area contributed by atoms with Crippen LogP contribution in [0.15, 0.2) is 23.1 Å². The van der Waals surface area contributed by atoms with Crippen LogP contribution in [0.3, 0.4) is 0 Å². The largest absolute Gasteiger partial charge is 0.396 e. The van der Waals surface area contributed by atoms with E-state index < -0.39 is 0 Å². The van der Waals surface area contributed by atoms with Crippen LogP contribution in [0.1, 0.15) is 13.3 Å². The predicted octanol–water partition coefficient (Wildman–Crippen LogP) is 2.96. The van der Waals surface area contributed by atoms with Crippen LogP contribution >= 0.6 is 23.4 Å². The van der Waals surface area contributed by atoms with Gasteiger partial charge in [0.05, 0.1) is 5.69 Å². The van der Waals surface area contributed by atoms with Crippen molar-refractivity contribution in [2.45, 2.75) is 18.2 Å². The fourth-order valence-electron chi connectivity index (χ4n) is 1.33. The second-order valence-corrected chi connectivity index (χ2v) is 5.27. The highest BCUT2D eigenvalue weighted by Crippen LogP contribution is 2.29. The van der Waals surface area contributed by atoms with Crippen LogP contribution in [0.5, 0.6) is 0 Å². The molecule has 3 N–H and O–H groups in total. The zero-order chi connectivity index (χ0) is 13.4. The lowest BCUT2D eigenvalue weighted by Gasteiger charge is -2.11. The van der Waals surface area contributed by atoms with Crippen molar-refractivity contribution >= 4 is 35.1 Å².